The Hall–Kier alpha value is -1.36. The summed E-state index contributed by atoms with van der Waals surface area (Å²) in [4.78, 5) is 18.4. The molecule has 2 atom stereocenters. The number of aromatic nitrogens is 2. The first kappa shape index (κ1) is 10.7. The van der Waals surface area contributed by atoms with Crippen LogP contribution in [0.2, 0.25) is 0 Å². The van der Waals surface area contributed by atoms with Crippen molar-refractivity contribution in [1.29, 1.82) is 0 Å². The van der Waals surface area contributed by atoms with Crippen molar-refractivity contribution in [2.75, 3.05) is 0 Å². The number of nitrogens with zero attached hydrogens (tertiary/aromatic N) is 1. The second-order valence-corrected chi connectivity index (χ2v) is 3.22. The lowest BCUT2D eigenvalue weighted by atomic mass is 10.2. The Balaban J connectivity index is 2.49. The number of nitrogens with one attached hydrogen (secondary N) is 2. The van der Waals surface area contributed by atoms with Crippen LogP contribution in [0.4, 0.5) is 0 Å². The largest absolute Gasteiger partial charge is 0.347 e. The summed E-state index contributed by atoms with van der Waals surface area (Å²) in [6, 6.07) is -0.567. The first-order valence-electron chi connectivity index (χ1n) is 4.70. The second-order valence-electron chi connectivity index (χ2n) is 3.22. The predicted octanol–water partition coefficient (Wildman–Crippen LogP) is 0.324. The van der Waals surface area contributed by atoms with Crippen LogP contribution >= 0.6 is 0 Å². The predicted molar refractivity (Wildman–Crippen MR) is 53.4 cm³/mol. The van der Waals surface area contributed by atoms with Gasteiger partial charge in [-0.3, -0.25) is 4.79 Å². The van der Waals surface area contributed by atoms with Gasteiger partial charge in [0, 0.05) is 12.4 Å². The zero-order valence-electron chi connectivity index (χ0n) is 8.45. The number of aromatic amines is 1. The fourth-order valence-corrected chi connectivity index (χ4v) is 1.09. The highest BCUT2D eigenvalue weighted by atomic mass is 16.2. The van der Waals surface area contributed by atoms with Gasteiger partial charge in [-0.2, -0.15) is 0 Å². The Morgan fingerprint density at radius 3 is 3.00 bits per heavy atom. The Labute approximate surface area is 83.1 Å². The SMILES string of the molecule is CC[C@@H](N)C(=O)NC(C)c1ncc[nH]1. The van der Waals surface area contributed by atoms with E-state index in [-0.39, 0.29) is 11.9 Å². The van der Waals surface area contributed by atoms with Crippen molar-refractivity contribution in [2.24, 2.45) is 5.73 Å². The summed E-state index contributed by atoms with van der Waals surface area (Å²) in [5, 5.41) is 2.78. The molecule has 0 aliphatic carbocycles. The molecule has 0 saturated heterocycles. The second kappa shape index (κ2) is 4.76. The van der Waals surface area contributed by atoms with E-state index in [0.29, 0.717) is 6.42 Å². The summed E-state index contributed by atoms with van der Waals surface area (Å²) >= 11 is 0. The minimum atomic E-state index is -0.438. The van der Waals surface area contributed by atoms with Crippen LogP contribution in [0.25, 0.3) is 0 Å². The van der Waals surface area contributed by atoms with E-state index in [0.717, 1.165) is 5.82 Å². The van der Waals surface area contributed by atoms with Crippen LogP contribution in [-0.4, -0.2) is 21.9 Å². The molecular weight excluding hydrogens is 180 g/mol. The maximum atomic E-state index is 11.4. The van der Waals surface area contributed by atoms with Crippen molar-refractivity contribution in [3.63, 3.8) is 0 Å². The van der Waals surface area contributed by atoms with Crippen molar-refractivity contribution in [2.45, 2.75) is 32.4 Å². The molecule has 1 rings (SSSR count). The van der Waals surface area contributed by atoms with Gasteiger partial charge in [0.15, 0.2) is 0 Å². The van der Waals surface area contributed by atoms with Crippen molar-refractivity contribution in [1.82, 2.24) is 15.3 Å². The lowest BCUT2D eigenvalue weighted by Crippen LogP contribution is -2.41. The van der Waals surface area contributed by atoms with E-state index in [1.807, 2.05) is 13.8 Å². The molecule has 14 heavy (non-hydrogen) atoms. The van der Waals surface area contributed by atoms with Crippen LogP contribution in [0.5, 0.6) is 0 Å². The lowest BCUT2D eigenvalue weighted by Gasteiger charge is -2.14. The van der Waals surface area contributed by atoms with Crippen LogP contribution in [0, 0.1) is 0 Å². The molecule has 0 spiro atoms. The number of H-pyrrole nitrogens is 1. The van der Waals surface area contributed by atoms with Gasteiger partial charge in [-0.05, 0) is 13.3 Å². The number of nitrogens with two attached hydrogens (primary N) is 1. The molecule has 1 aromatic heterocycles. The first-order chi connectivity index (χ1) is 6.65. The Morgan fingerprint density at radius 1 is 1.79 bits per heavy atom. The maximum Gasteiger partial charge on any atom is 0.237 e. The molecule has 0 saturated carbocycles. The zero-order valence-corrected chi connectivity index (χ0v) is 8.45. The fourth-order valence-electron chi connectivity index (χ4n) is 1.09. The highest BCUT2D eigenvalue weighted by Crippen LogP contribution is 2.05. The monoisotopic (exact) mass is 196 g/mol. The number of imidazole rings is 1. The van der Waals surface area contributed by atoms with Crippen molar-refractivity contribution in [3.8, 4) is 0 Å². The molecule has 5 nitrogen and oxygen atoms in total. The number of carbonyl (C=O) groups is 1. The van der Waals surface area contributed by atoms with Crippen LogP contribution in [0.1, 0.15) is 32.1 Å². The summed E-state index contributed by atoms with van der Waals surface area (Å²) in [6.07, 6.45) is 4.01. The summed E-state index contributed by atoms with van der Waals surface area (Å²) in [5.74, 6) is 0.595. The molecule has 0 radical (unpaired) electrons. The quantitative estimate of drug-likeness (QED) is 0.648. The van der Waals surface area contributed by atoms with Gasteiger partial charge in [-0.1, -0.05) is 6.92 Å². The van der Waals surface area contributed by atoms with E-state index < -0.39 is 6.04 Å². The Kier molecular flexibility index (Phi) is 3.64. The molecule has 4 N–H and O–H groups in total. The highest BCUT2D eigenvalue weighted by molar-refractivity contribution is 5.81. The molecule has 78 valence electrons. The normalized spacial score (nSPS) is 14.8. The molecule has 1 heterocycles. The molecule has 1 amide bonds. The van der Waals surface area contributed by atoms with E-state index in [9.17, 15) is 4.79 Å². The van der Waals surface area contributed by atoms with Gasteiger partial charge >= 0.3 is 0 Å². The molecule has 0 fully saturated rings. The minimum absolute atomic E-state index is 0.130. The Morgan fingerprint density at radius 2 is 2.50 bits per heavy atom. The van der Waals surface area contributed by atoms with Crippen LogP contribution in [0.3, 0.4) is 0 Å². The highest BCUT2D eigenvalue weighted by Gasteiger charge is 2.15. The van der Waals surface area contributed by atoms with E-state index in [1.54, 1.807) is 12.4 Å². The Bertz CT molecular complexity index is 283. The fraction of sp³-hybridized carbons (Fsp3) is 0.556. The molecule has 0 bridgehead atoms. The molecular formula is C9H16N4O. The van der Waals surface area contributed by atoms with Gasteiger partial charge in [0.25, 0.3) is 0 Å². The lowest BCUT2D eigenvalue weighted by molar-refractivity contribution is -0.123. The molecule has 5 heteroatoms. The van der Waals surface area contributed by atoms with Gasteiger partial charge in [-0.15, -0.1) is 0 Å². The molecule has 1 aromatic rings. The van der Waals surface area contributed by atoms with Crippen LogP contribution in [0.15, 0.2) is 12.4 Å². The van der Waals surface area contributed by atoms with E-state index in [2.05, 4.69) is 15.3 Å². The summed E-state index contributed by atoms with van der Waals surface area (Å²) in [7, 11) is 0. The van der Waals surface area contributed by atoms with Crippen molar-refractivity contribution >= 4 is 5.91 Å². The van der Waals surface area contributed by atoms with Crippen molar-refractivity contribution < 1.29 is 4.79 Å². The number of hydrogen-bond donors (Lipinski definition) is 3. The topological polar surface area (TPSA) is 83.8 Å². The summed E-state index contributed by atoms with van der Waals surface area (Å²) in [6.45, 7) is 3.74. The van der Waals surface area contributed by atoms with Crippen molar-refractivity contribution in [3.05, 3.63) is 18.2 Å². The van der Waals surface area contributed by atoms with Gasteiger partial charge in [-0.25, -0.2) is 4.98 Å². The average Bonchev–Trinajstić information content (AvgIpc) is 2.69. The number of hydrogen-bond acceptors (Lipinski definition) is 3. The molecule has 0 aliphatic rings. The number of carbonyl (C=O) groups excluding carboxylic acids is 1. The molecule has 0 aromatic carbocycles. The maximum absolute atomic E-state index is 11.4. The minimum Gasteiger partial charge on any atom is -0.347 e. The third-order valence-electron chi connectivity index (χ3n) is 2.06. The number of amides is 1. The number of rotatable bonds is 4. The van der Waals surface area contributed by atoms with E-state index in [1.165, 1.54) is 0 Å². The van der Waals surface area contributed by atoms with E-state index >= 15 is 0 Å². The summed E-state index contributed by atoms with van der Waals surface area (Å²) < 4.78 is 0. The third kappa shape index (κ3) is 2.56. The third-order valence-corrected chi connectivity index (χ3v) is 2.06. The summed E-state index contributed by atoms with van der Waals surface area (Å²) in [5.41, 5.74) is 5.58. The van der Waals surface area contributed by atoms with Gasteiger partial charge in [0.05, 0.1) is 12.1 Å². The first-order valence-corrected chi connectivity index (χ1v) is 4.70. The standard InChI is InChI=1S/C9H16N4O/c1-3-7(10)9(14)13-6(2)8-11-4-5-12-8/h4-7H,3,10H2,1-2H3,(H,11,12)(H,13,14)/t6?,7-/m1/s1. The smallest absolute Gasteiger partial charge is 0.237 e. The average molecular weight is 196 g/mol. The van der Waals surface area contributed by atoms with Gasteiger partial charge in [0.1, 0.15) is 5.82 Å². The molecule has 0 aliphatic heterocycles. The van der Waals surface area contributed by atoms with Gasteiger partial charge < -0.3 is 16.0 Å². The van der Waals surface area contributed by atoms with Gasteiger partial charge in [0.2, 0.25) is 5.91 Å². The zero-order chi connectivity index (χ0) is 10.6. The van der Waals surface area contributed by atoms with Crippen LogP contribution in [-0.2, 0) is 4.79 Å². The van der Waals surface area contributed by atoms with Crippen LogP contribution < -0.4 is 11.1 Å². The molecule has 1 unspecified atom stereocenters. The van der Waals surface area contributed by atoms with E-state index in [4.69, 9.17) is 5.73 Å².